The van der Waals surface area contributed by atoms with Crippen molar-refractivity contribution in [1.29, 1.82) is 0 Å². The van der Waals surface area contributed by atoms with Crippen molar-refractivity contribution in [3.8, 4) is 11.1 Å². The highest BCUT2D eigenvalue weighted by atomic mass is 35.5. The minimum Gasteiger partial charge on any atom is -0.340 e. The standard InChI is InChI=1S/C22H18ClF3N4/c1-12-4-9-17(10-13(12)2)28-18-11-14(3)27-21-19(15-5-7-16(23)8-6-15)20(22(24,25)26)29-30(18)21/h4-11,28H,1-3H3. The smallest absolute Gasteiger partial charge is 0.340 e. The molecule has 4 aromatic rings. The van der Waals surface area contributed by atoms with Gasteiger partial charge in [-0.3, -0.25) is 0 Å². The quantitative estimate of drug-likeness (QED) is 0.391. The van der Waals surface area contributed by atoms with Crippen LogP contribution in [0.4, 0.5) is 24.7 Å². The monoisotopic (exact) mass is 430 g/mol. The zero-order valence-corrected chi connectivity index (χ0v) is 17.2. The van der Waals surface area contributed by atoms with Crippen LogP contribution in [0.2, 0.25) is 5.02 Å². The SMILES string of the molecule is Cc1cc(Nc2ccc(C)c(C)c2)n2nc(C(F)(F)F)c(-c3ccc(Cl)cc3)c2n1. The Morgan fingerprint density at radius 3 is 2.27 bits per heavy atom. The second-order valence-electron chi connectivity index (χ2n) is 7.17. The molecule has 0 unspecified atom stereocenters. The van der Waals surface area contributed by atoms with E-state index in [1.807, 2.05) is 32.0 Å². The molecule has 0 saturated heterocycles. The molecule has 0 aliphatic rings. The molecule has 0 aliphatic carbocycles. The summed E-state index contributed by atoms with van der Waals surface area (Å²) in [5.41, 5.74) is 2.91. The molecule has 0 fully saturated rings. The van der Waals surface area contributed by atoms with E-state index >= 15 is 0 Å². The van der Waals surface area contributed by atoms with Gasteiger partial charge in [0.25, 0.3) is 0 Å². The Labute approximate surface area is 176 Å². The number of fused-ring (bicyclic) bond motifs is 1. The molecule has 0 bridgehead atoms. The van der Waals surface area contributed by atoms with Gasteiger partial charge in [-0.25, -0.2) is 4.98 Å². The largest absolute Gasteiger partial charge is 0.435 e. The van der Waals surface area contributed by atoms with E-state index in [2.05, 4.69) is 15.4 Å². The Hall–Kier alpha value is -3.06. The van der Waals surface area contributed by atoms with E-state index in [4.69, 9.17) is 11.6 Å². The Morgan fingerprint density at radius 1 is 0.933 bits per heavy atom. The lowest BCUT2D eigenvalue weighted by molar-refractivity contribution is -0.140. The summed E-state index contributed by atoms with van der Waals surface area (Å²) in [5.74, 6) is 0.395. The second-order valence-corrected chi connectivity index (χ2v) is 7.61. The first-order chi connectivity index (χ1) is 14.1. The van der Waals surface area contributed by atoms with Crippen molar-refractivity contribution in [2.45, 2.75) is 26.9 Å². The number of hydrogen-bond acceptors (Lipinski definition) is 3. The highest BCUT2D eigenvalue weighted by molar-refractivity contribution is 6.30. The first-order valence-corrected chi connectivity index (χ1v) is 9.59. The molecule has 0 radical (unpaired) electrons. The van der Waals surface area contributed by atoms with Crippen LogP contribution < -0.4 is 5.32 Å². The van der Waals surface area contributed by atoms with E-state index in [9.17, 15) is 13.2 Å². The van der Waals surface area contributed by atoms with Gasteiger partial charge in [-0.05, 0) is 61.7 Å². The first kappa shape index (κ1) is 20.2. The molecule has 0 amide bonds. The predicted molar refractivity (Wildman–Crippen MR) is 112 cm³/mol. The minimum absolute atomic E-state index is 0.0778. The summed E-state index contributed by atoms with van der Waals surface area (Å²) in [4.78, 5) is 4.37. The second kappa shape index (κ2) is 7.32. The normalized spacial score (nSPS) is 11.8. The summed E-state index contributed by atoms with van der Waals surface area (Å²) in [6.07, 6.45) is -4.64. The predicted octanol–water partition coefficient (Wildman–Crippen LogP) is 6.74. The average molecular weight is 431 g/mol. The number of alkyl halides is 3. The van der Waals surface area contributed by atoms with E-state index in [0.29, 0.717) is 22.1 Å². The maximum atomic E-state index is 13.9. The molecule has 1 N–H and O–H groups in total. The summed E-state index contributed by atoms with van der Waals surface area (Å²) < 4.78 is 42.8. The average Bonchev–Trinajstić information content (AvgIpc) is 3.05. The van der Waals surface area contributed by atoms with Crippen molar-refractivity contribution in [1.82, 2.24) is 14.6 Å². The molecule has 2 aromatic heterocycles. The van der Waals surface area contributed by atoms with Crippen LogP contribution in [0.15, 0.2) is 48.5 Å². The van der Waals surface area contributed by atoms with E-state index in [1.54, 1.807) is 25.1 Å². The fourth-order valence-corrected chi connectivity index (χ4v) is 3.40. The van der Waals surface area contributed by atoms with Gasteiger partial charge in [0.15, 0.2) is 11.3 Å². The molecule has 0 spiro atoms. The van der Waals surface area contributed by atoms with Gasteiger partial charge >= 0.3 is 6.18 Å². The Bertz CT molecular complexity index is 1240. The van der Waals surface area contributed by atoms with Gasteiger partial charge in [-0.2, -0.15) is 22.8 Å². The van der Waals surface area contributed by atoms with Crippen molar-refractivity contribution >= 4 is 28.8 Å². The number of aryl methyl sites for hydroxylation is 3. The van der Waals surface area contributed by atoms with Crippen LogP contribution in [-0.2, 0) is 6.18 Å². The van der Waals surface area contributed by atoms with Crippen LogP contribution in [-0.4, -0.2) is 14.6 Å². The van der Waals surface area contributed by atoms with E-state index < -0.39 is 11.9 Å². The molecule has 2 aromatic carbocycles. The van der Waals surface area contributed by atoms with Gasteiger partial charge in [0.1, 0.15) is 5.82 Å². The number of nitrogens with zero attached hydrogens (tertiary/aromatic N) is 3. The molecular formula is C22H18ClF3N4. The Balaban J connectivity index is 1.95. The fraction of sp³-hybridized carbons (Fsp3) is 0.182. The topological polar surface area (TPSA) is 42.2 Å². The van der Waals surface area contributed by atoms with Crippen LogP contribution in [0.3, 0.4) is 0 Å². The third kappa shape index (κ3) is 3.73. The summed E-state index contributed by atoms with van der Waals surface area (Å²) in [6, 6.07) is 13.6. The molecule has 0 saturated carbocycles. The zero-order valence-electron chi connectivity index (χ0n) is 16.5. The maximum absolute atomic E-state index is 13.9. The maximum Gasteiger partial charge on any atom is 0.435 e. The van der Waals surface area contributed by atoms with Gasteiger partial charge < -0.3 is 5.32 Å². The molecule has 154 valence electrons. The molecular weight excluding hydrogens is 413 g/mol. The summed E-state index contributed by atoms with van der Waals surface area (Å²) in [5, 5.41) is 7.51. The Kier molecular flexibility index (Phi) is 4.94. The van der Waals surface area contributed by atoms with Crippen LogP contribution in [0.1, 0.15) is 22.5 Å². The summed E-state index contributed by atoms with van der Waals surface area (Å²) in [6.45, 7) is 5.70. The number of hydrogen-bond donors (Lipinski definition) is 1. The van der Waals surface area contributed by atoms with Crippen molar-refractivity contribution in [3.63, 3.8) is 0 Å². The molecule has 0 aliphatic heterocycles. The van der Waals surface area contributed by atoms with Crippen LogP contribution in [0.5, 0.6) is 0 Å². The molecule has 4 rings (SSSR count). The van der Waals surface area contributed by atoms with Crippen molar-refractivity contribution in [3.05, 3.63) is 76.1 Å². The highest BCUT2D eigenvalue weighted by Crippen LogP contribution is 2.39. The lowest BCUT2D eigenvalue weighted by Gasteiger charge is -2.11. The van der Waals surface area contributed by atoms with Gasteiger partial charge in [0.05, 0.1) is 5.56 Å². The number of aromatic nitrogens is 3. The molecule has 30 heavy (non-hydrogen) atoms. The number of halogens is 4. The Morgan fingerprint density at radius 2 is 1.63 bits per heavy atom. The van der Waals surface area contributed by atoms with Gasteiger partial charge in [-0.1, -0.05) is 29.8 Å². The lowest BCUT2D eigenvalue weighted by atomic mass is 10.1. The van der Waals surface area contributed by atoms with Crippen LogP contribution >= 0.6 is 11.6 Å². The number of nitrogens with one attached hydrogen (secondary N) is 1. The summed E-state index contributed by atoms with van der Waals surface area (Å²) >= 11 is 5.92. The van der Waals surface area contributed by atoms with E-state index in [-0.39, 0.29) is 11.2 Å². The van der Waals surface area contributed by atoms with Crippen molar-refractivity contribution < 1.29 is 13.2 Å². The highest BCUT2D eigenvalue weighted by Gasteiger charge is 2.39. The van der Waals surface area contributed by atoms with Gasteiger partial charge in [0, 0.05) is 22.5 Å². The van der Waals surface area contributed by atoms with E-state index in [0.717, 1.165) is 16.8 Å². The van der Waals surface area contributed by atoms with Crippen LogP contribution in [0.25, 0.3) is 16.8 Å². The van der Waals surface area contributed by atoms with E-state index in [1.165, 1.54) is 16.6 Å². The van der Waals surface area contributed by atoms with Gasteiger partial charge in [-0.15, -0.1) is 0 Å². The lowest BCUT2D eigenvalue weighted by Crippen LogP contribution is -2.08. The van der Waals surface area contributed by atoms with Crippen molar-refractivity contribution in [2.75, 3.05) is 5.32 Å². The minimum atomic E-state index is -4.64. The number of rotatable bonds is 3. The fourth-order valence-electron chi connectivity index (χ4n) is 3.28. The van der Waals surface area contributed by atoms with Gasteiger partial charge in [0.2, 0.25) is 0 Å². The van der Waals surface area contributed by atoms with Crippen molar-refractivity contribution in [2.24, 2.45) is 0 Å². The molecule has 0 atom stereocenters. The first-order valence-electron chi connectivity index (χ1n) is 9.21. The molecule has 4 nitrogen and oxygen atoms in total. The third-order valence-electron chi connectivity index (χ3n) is 4.90. The molecule has 8 heteroatoms. The zero-order chi connectivity index (χ0) is 21.6. The number of benzene rings is 2. The van der Waals surface area contributed by atoms with Crippen LogP contribution in [0, 0.1) is 20.8 Å². The summed E-state index contributed by atoms with van der Waals surface area (Å²) in [7, 11) is 0. The number of anilines is 2. The third-order valence-corrected chi connectivity index (χ3v) is 5.15. The molecule has 2 heterocycles.